The van der Waals surface area contributed by atoms with Crippen molar-refractivity contribution in [3.8, 4) is 0 Å². The van der Waals surface area contributed by atoms with Crippen LogP contribution >= 0.6 is 0 Å². The van der Waals surface area contributed by atoms with Crippen molar-refractivity contribution >= 4 is 0 Å². The highest BCUT2D eigenvalue weighted by atomic mass is 16.3. The maximum absolute atomic E-state index is 9.25. The van der Waals surface area contributed by atoms with Crippen LogP contribution in [0, 0.1) is 0 Å². The van der Waals surface area contributed by atoms with E-state index in [2.05, 4.69) is 23.6 Å². The summed E-state index contributed by atoms with van der Waals surface area (Å²) in [6.07, 6.45) is 1.99. The first-order valence-corrected chi connectivity index (χ1v) is 5.83. The van der Waals surface area contributed by atoms with Gasteiger partial charge in [-0.1, -0.05) is 0 Å². The molecule has 1 aliphatic carbocycles. The summed E-state index contributed by atoms with van der Waals surface area (Å²) in [5.74, 6) is 0. The van der Waals surface area contributed by atoms with Crippen molar-refractivity contribution in [1.29, 1.82) is 0 Å². The van der Waals surface area contributed by atoms with Gasteiger partial charge < -0.3 is 5.11 Å². The van der Waals surface area contributed by atoms with Crippen LogP contribution in [-0.2, 0) is 0 Å². The zero-order valence-corrected chi connectivity index (χ0v) is 9.32. The third-order valence-corrected chi connectivity index (χ3v) is 3.68. The molecule has 0 atom stereocenters. The van der Waals surface area contributed by atoms with Gasteiger partial charge in [-0.15, -0.1) is 0 Å². The Kier molecular flexibility index (Phi) is 3.10. The second-order valence-corrected chi connectivity index (χ2v) is 4.94. The Balaban J connectivity index is 1.73. The minimum atomic E-state index is -0.0110. The summed E-state index contributed by atoms with van der Waals surface area (Å²) in [6.45, 7) is 9.31. The standard InChI is InChI=1S/C11H22N2O/c1-9(2)12-3-5-13(6-4-12)10-7-11(14)8-10/h9-11,14H,3-8H2,1-2H3/t10-,11+. The minimum Gasteiger partial charge on any atom is -0.393 e. The Labute approximate surface area is 86.7 Å². The molecular formula is C11H22N2O. The fourth-order valence-electron chi connectivity index (χ4n) is 2.48. The lowest BCUT2D eigenvalue weighted by Crippen LogP contribution is -2.56. The van der Waals surface area contributed by atoms with E-state index in [1.165, 1.54) is 26.2 Å². The highest BCUT2D eigenvalue weighted by molar-refractivity contribution is 4.89. The van der Waals surface area contributed by atoms with Gasteiger partial charge in [0.2, 0.25) is 0 Å². The smallest absolute Gasteiger partial charge is 0.0570 e. The molecule has 0 aromatic carbocycles. The summed E-state index contributed by atoms with van der Waals surface area (Å²) in [5, 5.41) is 9.25. The van der Waals surface area contributed by atoms with Gasteiger partial charge in [-0.25, -0.2) is 0 Å². The number of rotatable bonds is 2. The molecule has 0 bridgehead atoms. The molecule has 0 spiro atoms. The second-order valence-electron chi connectivity index (χ2n) is 4.94. The van der Waals surface area contributed by atoms with Crippen LogP contribution < -0.4 is 0 Å². The van der Waals surface area contributed by atoms with Gasteiger partial charge in [0.05, 0.1) is 6.10 Å². The maximum atomic E-state index is 9.25. The van der Waals surface area contributed by atoms with E-state index >= 15 is 0 Å². The molecule has 0 aromatic heterocycles. The van der Waals surface area contributed by atoms with E-state index in [1.54, 1.807) is 0 Å². The first-order chi connectivity index (χ1) is 6.66. The first-order valence-electron chi connectivity index (χ1n) is 5.83. The molecule has 0 aromatic rings. The van der Waals surface area contributed by atoms with Crippen molar-refractivity contribution in [1.82, 2.24) is 9.80 Å². The lowest BCUT2D eigenvalue weighted by atomic mass is 9.87. The van der Waals surface area contributed by atoms with Crippen molar-refractivity contribution in [3.05, 3.63) is 0 Å². The summed E-state index contributed by atoms with van der Waals surface area (Å²) >= 11 is 0. The molecule has 3 nitrogen and oxygen atoms in total. The van der Waals surface area contributed by atoms with Crippen molar-refractivity contribution in [2.75, 3.05) is 26.2 Å². The third-order valence-electron chi connectivity index (χ3n) is 3.68. The second kappa shape index (κ2) is 4.17. The van der Waals surface area contributed by atoms with Crippen molar-refractivity contribution in [2.45, 2.75) is 44.9 Å². The molecule has 1 N–H and O–H groups in total. The predicted molar refractivity (Wildman–Crippen MR) is 57.3 cm³/mol. The summed E-state index contributed by atoms with van der Waals surface area (Å²) in [7, 11) is 0. The molecule has 1 saturated carbocycles. The summed E-state index contributed by atoms with van der Waals surface area (Å²) < 4.78 is 0. The molecule has 0 radical (unpaired) electrons. The molecule has 14 heavy (non-hydrogen) atoms. The van der Waals surface area contributed by atoms with Crippen LogP contribution in [0.25, 0.3) is 0 Å². The lowest BCUT2D eigenvalue weighted by Gasteiger charge is -2.45. The quantitative estimate of drug-likeness (QED) is 0.701. The van der Waals surface area contributed by atoms with Gasteiger partial charge in [0.1, 0.15) is 0 Å². The maximum Gasteiger partial charge on any atom is 0.0570 e. The predicted octanol–water partition coefficient (Wildman–Crippen LogP) is 0.536. The van der Waals surface area contributed by atoms with Gasteiger partial charge in [0.25, 0.3) is 0 Å². The first kappa shape index (κ1) is 10.4. The van der Waals surface area contributed by atoms with Gasteiger partial charge in [0, 0.05) is 38.3 Å². The average Bonchev–Trinajstić information content (AvgIpc) is 2.13. The van der Waals surface area contributed by atoms with E-state index in [0.717, 1.165) is 12.8 Å². The van der Waals surface area contributed by atoms with E-state index in [1.807, 2.05) is 0 Å². The van der Waals surface area contributed by atoms with Gasteiger partial charge in [-0.3, -0.25) is 9.80 Å². The fraction of sp³-hybridized carbons (Fsp3) is 1.00. The average molecular weight is 198 g/mol. The third kappa shape index (κ3) is 2.10. The molecule has 1 saturated heterocycles. The summed E-state index contributed by atoms with van der Waals surface area (Å²) in [4.78, 5) is 5.08. The molecule has 2 fully saturated rings. The number of piperazine rings is 1. The molecule has 1 heterocycles. The normalized spacial score (nSPS) is 36.0. The molecule has 2 aliphatic rings. The highest BCUT2D eigenvalue weighted by Gasteiger charge is 2.33. The fourth-order valence-corrected chi connectivity index (χ4v) is 2.48. The Morgan fingerprint density at radius 2 is 1.64 bits per heavy atom. The van der Waals surface area contributed by atoms with Crippen LogP contribution in [0.3, 0.4) is 0 Å². The van der Waals surface area contributed by atoms with Gasteiger partial charge in [-0.2, -0.15) is 0 Å². The number of hydrogen-bond donors (Lipinski definition) is 1. The number of aliphatic hydroxyl groups excluding tert-OH is 1. The molecule has 2 rings (SSSR count). The Bertz CT molecular complexity index is 182. The largest absolute Gasteiger partial charge is 0.393 e. The molecule has 82 valence electrons. The summed E-state index contributed by atoms with van der Waals surface area (Å²) in [6, 6.07) is 1.36. The van der Waals surface area contributed by atoms with Crippen LogP contribution in [0.2, 0.25) is 0 Å². The number of hydrogen-bond acceptors (Lipinski definition) is 3. The van der Waals surface area contributed by atoms with Crippen LogP contribution in [0.1, 0.15) is 26.7 Å². The van der Waals surface area contributed by atoms with Crippen LogP contribution in [0.15, 0.2) is 0 Å². The van der Waals surface area contributed by atoms with Crippen LogP contribution in [0.5, 0.6) is 0 Å². The van der Waals surface area contributed by atoms with Crippen molar-refractivity contribution in [3.63, 3.8) is 0 Å². The Morgan fingerprint density at radius 1 is 1.07 bits per heavy atom. The van der Waals surface area contributed by atoms with Crippen LogP contribution in [-0.4, -0.2) is 59.3 Å². The highest BCUT2D eigenvalue weighted by Crippen LogP contribution is 2.26. The summed E-state index contributed by atoms with van der Waals surface area (Å²) in [5.41, 5.74) is 0. The number of aliphatic hydroxyl groups is 1. The minimum absolute atomic E-state index is 0.0110. The monoisotopic (exact) mass is 198 g/mol. The zero-order valence-electron chi connectivity index (χ0n) is 9.32. The zero-order chi connectivity index (χ0) is 10.1. The SMILES string of the molecule is CC(C)N1CCN([C@H]2C[C@@H](O)C2)CC1. The molecule has 1 aliphatic heterocycles. The lowest BCUT2D eigenvalue weighted by molar-refractivity contribution is -0.0213. The molecular weight excluding hydrogens is 176 g/mol. The van der Waals surface area contributed by atoms with Gasteiger partial charge in [-0.05, 0) is 26.7 Å². The van der Waals surface area contributed by atoms with E-state index in [4.69, 9.17) is 0 Å². The van der Waals surface area contributed by atoms with E-state index in [9.17, 15) is 5.11 Å². The number of nitrogens with zero attached hydrogens (tertiary/aromatic N) is 2. The Hall–Kier alpha value is -0.120. The van der Waals surface area contributed by atoms with E-state index < -0.39 is 0 Å². The van der Waals surface area contributed by atoms with Crippen LogP contribution in [0.4, 0.5) is 0 Å². The van der Waals surface area contributed by atoms with Crippen molar-refractivity contribution in [2.24, 2.45) is 0 Å². The molecule has 3 heteroatoms. The van der Waals surface area contributed by atoms with Gasteiger partial charge in [0.15, 0.2) is 0 Å². The Morgan fingerprint density at radius 3 is 2.07 bits per heavy atom. The molecule has 0 unspecified atom stereocenters. The molecule has 0 amide bonds. The topological polar surface area (TPSA) is 26.7 Å². The van der Waals surface area contributed by atoms with Crippen molar-refractivity contribution < 1.29 is 5.11 Å². The van der Waals surface area contributed by atoms with E-state index in [0.29, 0.717) is 12.1 Å². The van der Waals surface area contributed by atoms with Gasteiger partial charge >= 0.3 is 0 Å². The van der Waals surface area contributed by atoms with E-state index in [-0.39, 0.29) is 6.10 Å².